The van der Waals surface area contributed by atoms with Gasteiger partial charge in [0.25, 0.3) is 0 Å². The van der Waals surface area contributed by atoms with Gasteiger partial charge in [0, 0.05) is 43.4 Å². The number of urea groups is 1. The van der Waals surface area contributed by atoms with Crippen molar-refractivity contribution in [1.82, 2.24) is 10.2 Å². The van der Waals surface area contributed by atoms with Crippen molar-refractivity contribution in [2.45, 2.75) is 19.8 Å². The number of aryl methyl sites for hydroxylation is 1. The molecule has 0 bridgehead atoms. The van der Waals surface area contributed by atoms with Gasteiger partial charge in [-0.1, -0.05) is 17.7 Å². The molecule has 2 heterocycles. The van der Waals surface area contributed by atoms with Crippen molar-refractivity contribution in [3.63, 3.8) is 0 Å². The van der Waals surface area contributed by atoms with Gasteiger partial charge in [-0.05, 0) is 43.4 Å². The fourth-order valence-corrected chi connectivity index (χ4v) is 3.17. The maximum Gasteiger partial charge on any atom is 0.317 e. The Hall–Kier alpha value is -1.42. The second kappa shape index (κ2) is 6.14. The van der Waals surface area contributed by atoms with E-state index in [2.05, 4.69) is 23.2 Å². The summed E-state index contributed by atoms with van der Waals surface area (Å²) < 4.78 is 0. The molecule has 0 spiro atoms. The summed E-state index contributed by atoms with van der Waals surface area (Å²) in [5.74, 6) is 0.522. The molecule has 114 valence electrons. The smallest absolute Gasteiger partial charge is 0.317 e. The van der Waals surface area contributed by atoms with Crippen LogP contribution in [0, 0.1) is 12.8 Å². The highest BCUT2D eigenvalue weighted by Gasteiger charge is 2.26. The van der Waals surface area contributed by atoms with E-state index in [1.807, 2.05) is 17.0 Å². The Bertz CT molecular complexity index is 530. The van der Waals surface area contributed by atoms with Gasteiger partial charge in [-0.3, -0.25) is 0 Å². The molecule has 2 amide bonds. The van der Waals surface area contributed by atoms with E-state index in [1.165, 1.54) is 11.3 Å². The van der Waals surface area contributed by atoms with Gasteiger partial charge < -0.3 is 15.1 Å². The van der Waals surface area contributed by atoms with E-state index >= 15 is 0 Å². The van der Waals surface area contributed by atoms with Crippen molar-refractivity contribution in [3.05, 3.63) is 28.8 Å². The topological polar surface area (TPSA) is 35.6 Å². The Morgan fingerprint density at radius 2 is 2.19 bits per heavy atom. The van der Waals surface area contributed by atoms with Crippen molar-refractivity contribution in [3.8, 4) is 0 Å². The lowest BCUT2D eigenvalue weighted by Crippen LogP contribution is -2.48. The molecule has 3 rings (SSSR count). The number of rotatable bonds is 3. The maximum absolute atomic E-state index is 11.8. The van der Waals surface area contributed by atoms with Crippen molar-refractivity contribution < 1.29 is 4.79 Å². The van der Waals surface area contributed by atoms with Gasteiger partial charge in [0.1, 0.15) is 0 Å². The Morgan fingerprint density at radius 1 is 1.38 bits per heavy atom. The van der Waals surface area contributed by atoms with E-state index in [-0.39, 0.29) is 6.03 Å². The van der Waals surface area contributed by atoms with Gasteiger partial charge in [-0.15, -0.1) is 0 Å². The number of hydrogen-bond donors (Lipinski definition) is 1. The van der Waals surface area contributed by atoms with Crippen molar-refractivity contribution in [2.75, 3.05) is 37.6 Å². The van der Waals surface area contributed by atoms with Gasteiger partial charge in [-0.2, -0.15) is 0 Å². The van der Waals surface area contributed by atoms with E-state index in [0.29, 0.717) is 5.92 Å². The summed E-state index contributed by atoms with van der Waals surface area (Å²) >= 11 is 6.10. The van der Waals surface area contributed by atoms with E-state index in [0.717, 1.165) is 50.6 Å². The summed E-state index contributed by atoms with van der Waals surface area (Å²) in [7, 11) is 0. The van der Waals surface area contributed by atoms with E-state index in [4.69, 9.17) is 11.6 Å². The summed E-state index contributed by atoms with van der Waals surface area (Å²) in [6.07, 6.45) is 2.25. The van der Waals surface area contributed by atoms with Crippen LogP contribution in [-0.2, 0) is 0 Å². The minimum atomic E-state index is 0.0960. The molecule has 4 nitrogen and oxygen atoms in total. The molecule has 2 saturated heterocycles. The highest BCUT2D eigenvalue weighted by molar-refractivity contribution is 6.30. The van der Waals surface area contributed by atoms with Crippen molar-refractivity contribution in [1.29, 1.82) is 0 Å². The van der Waals surface area contributed by atoms with Crippen LogP contribution in [0.3, 0.4) is 0 Å². The number of carbonyl (C=O) groups is 1. The molecule has 2 aliphatic rings. The summed E-state index contributed by atoms with van der Waals surface area (Å²) in [6.45, 7) is 6.72. The number of likely N-dealkylation sites (tertiary alicyclic amines) is 1. The summed E-state index contributed by atoms with van der Waals surface area (Å²) in [4.78, 5) is 16.1. The number of amides is 2. The predicted molar refractivity (Wildman–Crippen MR) is 86.1 cm³/mol. The van der Waals surface area contributed by atoms with Crippen LogP contribution in [0.5, 0.6) is 0 Å². The molecule has 1 aromatic carbocycles. The largest absolute Gasteiger partial charge is 0.371 e. The Kier molecular flexibility index (Phi) is 4.24. The molecule has 0 aliphatic carbocycles. The summed E-state index contributed by atoms with van der Waals surface area (Å²) in [5, 5.41) is 3.84. The fourth-order valence-electron chi connectivity index (χ4n) is 3.00. The van der Waals surface area contributed by atoms with Crippen LogP contribution in [0.25, 0.3) is 0 Å². The maximum atomic E-state index is 11.8. The molecule has 0 unspecified atom stereocenters. The normalized spacial score (nSPS) is 21.3. The van der Waals surface area contributed by atoms with Crippen molar-refractivity contribution in [2.24, 2.45) is 5.92 Å². The molecule has 5 heteroatoms. The summed E-state index contributed by atoms with van der Waals surface area (Å²) in [5.41, 5.74) is 2.48. The lowest BCUT2D eigenvalue weighted by Gasteiger charge is -2.31. The number of benzene rings is 1. The average molecular weight is 308 g/mol. The van der Waals surface area contributed by atoms with Gasteiger partial charge in [-0.25, -0.2) is 4.79 Å². The third kappa shape index (κ3) is 3.26. The number of anilines is 1. The highest BCUT2D eigenvalue weighted by Crippen LogP contribution is 2.29. The molecule has 1 N–H and O–H groups in total. The standard InChI is InChI=1S/C16H22ClN3O/c1-12-3-4-14(17)9-15(12)20-8-5-13(11-20)10-18-16(21)19-6-2-7-19/h3-4,9,13H,2,5-8,10-11H2,1H3,(H,18,21)/t13-/m1/s1. The monoisotopic (exact) mass is 307 g/mol. The van der Waals surface area contributed by atoms with Crippen LogP contribution in [0.15, 0.2) is 18.2 Å². The lowest BCUT2D eigenvalue weighted by atomic mass is 10.1. The summed E-state index contributed by atoms with van der Waals surface area (Å²) in [6, 6.07) is 6.13. The molecule has 2 aliphatic heterocycles. The zero-order valence-electron chi connectivity index (χ0n) is 12.4. The third-order valence-corrected chi connectivity index (χ3v) is 4.72. The number of halogens is 1. The number of hydrogen-bond acceptors (Lipinski definition) is 2. The van der Waals surface area contributed by atoms with Crippen molar-refractivity contribution >= 4 is 23.3 Å². The lowest BCUT2D eigenvalue weighted by molar-refractivity contribution is 0.166. The molecule has 2 fully saturated rings. The zero-order valence-corrected chi connectivity index (χ0v) is 13.2. The predicted octanol–water partition coefficient (Wildman–Crippen LogP) is 2.89. The molecule has 0 radical (unpaired) electrons. The van der Waals surface area contributed by atoms with Gasteiger partial charge in [0.05, 0.1) is 0 Å². The molecular weight excluding hydrogens is 286 g/mol. The van der Waals surface area contributed by atoms with Crippen LogP contribution in [0.4, 0.5) is 10.5 Å². The SMILES string of the molecule is Cc1ccc(Cl)cc1N1CC[C@H](CNC(=O)N2CCC2)C1. The first-order valence-corrected chi connectivity index (χ1v) is 8.05. The number of nitrogens with zero attached hydrogens (tertiary/aromatic N) is 2. The van der Waals surface area contributed by atoms with Gasteiger partial charge in [0.15, 0.2) is 0 Å². The van der Waals surface area contributed by atoms with E-state index < -0.39 is 0 Å². The third-order valence-electron chi connectivity index (χ3n) is 4.48. The fraction of sp³-hybridized carbons (Fsp3) is 0.562. The second-order valence-electron chi connectivity index (χ2n) is 6.06. The molecule has 0 aromatic heterocycles. The van der Waals surface area contributed by atoms with Crippen LogP contribution in [-0.4, -0.2) is 43.7 Å². The number of carbonyl (C=O) groups excluding carboxylic acids is 1. The van der Waals surface area contributed by atoms with Crippen LogP contribution in [0.2, 0.25) is 5.02 Å². The van der Waals surface area contributed by atoms with Crippen LogP contribution in [0.1, 0.15) is 18.4 Å². The molecular formula is C16H22ClN3O. The van der Waals surface area contributed by atoms with Gasteiger partial charge >= 0.3 is 6.03 Å². The quantitative estimate of drug-likeness (QED) is 0.932. The number of nitrogens with one attached hydrogen (secondary N) is 1. The second-order valence-corrected chi connectivity index (χ2v) is 6.49. The molecule has 1 aromatic rings. The van der Waals surface area contributed by atoms with E-state index in [1.54, 1.807) is 0 Å². The Balaban J connectivity index is 1.53. The molecule has 1 atom stereocenters. The molecule has 21 heavy (non-hydrogen) atoms. The van der Waals surface area contributed by atoms with Gasteiger partial charge in [0.2, 0.25) is 0 Å². The van der Waals surface area contributed by atoms with E-state index in [9.17, 15) is 4.79 Å². The Labute approximate surface area is 131 Å². The highest BCUT2D eigenvalue weighted by atomic mass is 35.5. The first-order chi connectivity index (χ1) is 10.1. The van der Waals surface area contributed by atoms with Crippen LogP contribution < -0.4 is 10.2 Å². The Morgan fingerprint density at radius 3 is 2.90 bits per heavy atom. The first-order valence-electron chi connectivity index (χ1n) is 7.67. The average Bonchev–Trinajstić information content (AvgIpc) is 2.86. The minimum absolute atomic E-state index is 0.0960. The zero-order chi connectivity index (χ0) is 14.8. The first kappa shape index (κ1) is 14.5. The molecule has 0 saturated carbocycles. The minimum Gasteiger partial charge on any atom is -0.371 e. The van der Waals surface area contributed by atoms with Crippen LogP contribution >= 0.6 is 11.6 Å².